The van der Waals surface area contributed by atoms with E-state index in [1.54, 1.807) is 26.0 Å². The number of benzene rings is 1. The lowest BCUT2D eigenvalue weighted by Crippen LogP contribution is -2.48. The van der Waals surface area contributed by atoms with Gasteiger partial charge in [-0.3, -0.25) is 4.79 Å². The molecule has 0 aliphatic carbocycles. The van der Waals surface area contributed by atoms with Gasteiger partial charge in [-0.2, -0.15) is 8.78 Å². The van der Waals surface area contributed by atoms with Gasteiger partial charge in [0.15, 0.2) is 0 Å². The number of hydrogen-bond acceptors (Lipinski definition) is 4. The molecular formula is C15H22F2N2O3. The minimum absolute atomic E-state index is 0.0290. The Morgan fingerprint density at radius 1 is 1.41 bits per heavy atom. The molecule has 0 saturated heterocycles. The lowest BCUT2D eigenvalue weighted by Gasteiger charge is -2.19. The average Bonchev–Trinajstić information content (AvgIpc) is 2.42. The number of ether oxygens (including phenoxy) is 2. The molecule has 3 N–H and O–H groups in total. The molecule has 0 aromatic heterocycles. The molecule has 0 bridgehead atoms. The van der Waals surface area contributed by atoms with E-state index in [4.69, 9.17) is 10.5 Å². The highest BCUT2D eigenvalue weighted by molar-refractivity contribution is 5.85. The van der Waals surface area contributed by atoms with Gasteiger partial charge >= 0.3 is 6.61 Å². The monoisotopic (exact) mass is 316 g/mol. The molecular weight excluding hydrogens is 294 g/mol. The van der Waals surface area contributed by atoms with Crippen molar-refractivity contribution in [2.45, 2.75) is 45.9 Å². The fraction of sp³-hybridized carbons (Fsp3) is 0.533. The molecule has 0 spiro atoms. The molecule has 1 rings (SSSR count). The lowest BCUT2D eigenvalue weighted by molar-refractivity contribution is -0.125. The van der Waals surface area contributed by atoms with E-state index in [-0.39, 0.29) is 18.2 Å². The number of rotatable bonds is 8. The molecule has 124 valence electrons. The van der Waals surface area contributed by atoms with Gasteiger partial charge in [-0.1, -0.05) is 6.92 Å². The van der Waals surface area contributed by atoms with Gasteiger partial charge in [0.1, 0.15) is 11.5 Å². The van der Waals surface area contributed by atoms with Crippen molar-refractivity contribution in [1.82, 2.24) is 5.32 Å². The second-order valence-corrected chi connectivity index (χ2v) is 5.40. The van der Waals surface area contributed by atoms with E-state index >= 15 is 0 Å². The summed E-state index contributed by atoms with van der Waals surface area (Å²) in [5, 5.41) is 2.59. The summed E-state index contributed by atoms with van der Waals surface area (Å²) < 4.78 is 34.9. The van der Waals surface area contributed by atoms with E-state index in [1.807, 2.05) is 6.92 Å². The Morgan fingerprint density at radius 2 is 2.09 bits per heavy atom. The number of hydrogen-bond donors (Lipinski definition) is 2. The van der Waals surface area contributed by atoms with Gasteiger partial charge in [-0.05, 0) is 32.4 Å². The maximum atomic E-state index is 12.5. The highest BCUT2D eigenvalue weighted by Gasteiger charge is 2.22. The first kappa shape index (κ1) is 18.2. The van der Waals surface area contributed by atoms with Crippen LogP contribution in [0.1, 0.15) is 32.8 Å². The predicted octanol–water partition coefficient (Wildman–Crippen LogP) is 2.43. The molecule has 5 nitrogen and oxygen atoms in total. The molecule has 0 heterocycles. The third-order valence-corrected chi connectivity index (χ3v) is 2.75. The number of halogens is 2. The summed E-state index contributed by atoms with van der Waals surface area (Å²) in [5.41, 5.74) is 5.03. The number of carbonyl (C=O) groups excluding carboxylic acids is 1. The summed E-state index contributed by atoms with van der Waals surface area (Å²) in [4.78, 5) is 11.7. The Balaban J connectivity index is 2.85. The van der Waals surface area contributed by atoms with Crippen LogP contribution in [0.2, 0.25) is 0 Å². The van der Waals surface area contributed by atoms with Crippen molar-refractivity contribution in [2.24, 2.45) is 5.73 Å². The zero-order chi connectivity index (χ0) is 16.8. The predicted molar refractivity (Wildman–Crippen MR) is 79.0 cm³/mol. The number of carbonyl (C=O) groups is 1. The van der Waals surface area contributed by atoms with Gasteiger partial charge in [0.2, 0.25) is 5.91 Å². The van der Waals surface area contributed by atoms with Gasteiger partial charge in [-0.25, -0.2) is 0 Å². The van der Waals surface area contributed by atoms with Crippen LogP contribution in [0.25, 0.3) is 0 Å². The molecule has 7 heteroatoms. The normalized spacial score (nSPS) is 11.4. The van der Waals surface area contributed by atoms with Crippen molar-refractivity contribution in [3.8, 4) is 11.5 Å². The summed E-state index contributed by atoms with van der Waals surface area (Å²) in [7, 11) is 0. The molecule has 1 aromatic carbocycles. The summed E-state index contributed by atoms with van der Waals surface area (Å²) in [6.07, 6.45) is 0.800. The quantitative estimate of drug-likeness (QED) is 0.772. The molecule has 0 aliphatic rings. The summed E-state index contributed by atoms with van der Waals surface area (Å²) in [6.45, 7) is 2.61. The van der Waals surface area contributed by atoms with Crippen molar-refractivity contribution in [3.05, 3.63) is 23.8 Å². The SMILES string of the molecule is CCCOc1ccc(CNC(=O)C(C)(C)N)c(OC(F)F)c1. The molecule has 1 amide bonds. The molecule has 1 aromatic rings. The third-order valence-electron chi connectivity index (χ3n) is 2.75. The van der Waals surface area contributed by atoms with Crippen LogP contribution in [-0.2, 0) is 11.3 Å². The van der Waals surface area contributed by atoms with E-state index in [0.717, 1.165) is 6.42 Å². The molecule has 0 aliphatic heterocycles. The van der Waals surface area contributed by atoms with E-state index in [2.05, 4.69) is 10.1 Å². The van der Waals surface area contributed by atoms with Crippen LogP contribution in [-0.4, -0.2) is 24.7 Å². The van der Waals surface area contributed by atoms with Gasteiger partial charge in [-0.15, -0.1) is 0 Å². The van der Waals surface area contributed by atoms with E-state index in [0.29, 0.717) is 17.9 Å². The minimum atomic E-state index is -2.96. The topological polar surface area (TPSA) is 73.6 Å². The van der Waals surface area contributed by atoms with Gasteiger partial charge in [0, 0.05) is 18.2 Å². The minimum Gasteiger partial charge on any atom is -0.493 e. The first-order valence-corrected chi connectivity index (χ1v) is 7.01. The number of alkyl halides is 2. The van der Waals surface area contributed by atoms with Crippen LogP contribution in [0.5, 0.6) is 11.5 Å². The summed E-state index contributed by atoms with van der Waals surface area (Å²) >= 11 is 0. The highest BCUT2D eigenvalue weighted by Crippen LogP contribution is 2.26. The molecule has 0 saturated carbocycles. The molecule has 0 fully saturated rings. The van der Waals surface area contributed by atoms with Crippen LogP contribution in [0.15, 0.2) is 18.2 Å². The zero-order valence-electron chi connectivity index (χ0n) is 13.0. The van der Waals surface area contributed by atoms with E-state index in [9.17, 15) is 13.6 Å². The molecule has 0 atom stereocenters. The maximum absolute atomic E-state index is 12.5. The third kappa shape index (κ3) is 5.85. The summed E-state index contributed by atoms with van der Waals surface area (Å²) in [6, 6.07) is 4.60. The Hall–Kier alpha value is -1.89. The maximum Gasteiger partial charge on any atom is 0.387 e. The Morgan fingerprint density at radius 3 is 2.64 bits per heavy atom. The van der Waals surface area contributed by atoms with Crippen molar-refractivity contribution in [1.29, 1.82) is 0 Å². The van der Waals surface area contributed by atoms with Crippen molar-refractivity contribution < 1.29 is 23.0 Å². The van der Waals surface area contributed by atoms with Crippen LogP contribution in [0, 0.1) is 0 Å². The number of nitrogens with two attached hydrogens (primary N) is 1. The number of nitrogens with one attached hydrogen (secondary N) is 1. The van der Waals surface area contributed by atoms with E-state index < -0.39 is 12.2 Å². The Bertz CT molecular complexity index is 502. The standard InChI is InChI=1S/C15H22F2N2O3/c1-4-7-21-11-6-5-10(12(8-11)22-14(16)17)9-19-13(20)15(2,3)18/h5-6,8,14H,4,7,9,18H2,1-3H3,(H,19,20). The van der Waals surface area contributed by atoms with E-state index in [1.165, 1.54) is 6.07 Å². The molecule has 22 heavy (non-hydrogen) atoms. The van der Waals surface area contributed by atoms with Gasteiger partial charge in [0.05, 0.1) is 12.1 Å². The largest absolute Gasteiger partial charge is 0.493 e. The van der Waals surface area contributed by atoms with Crippen LogP contribution >= 0.6 is 0 Å². The first-order chi connectivity index (χ1) is 10.2. The van der Waals surface area contributed by atoms with Crippen LogP contribution < -0.4 is 20.5 Å². The second kappa shape index (κ2) is 7.93. The van der Waals surface area contributed by atoms with Crippen molar-refractivity contribution in [3.63, 3.8) is 0 Å². The fourth-order valence-corrected chi connectivity index (χ4v) is 1.60. The highest BCUT2D eigenvalue weighted by atomic mass is 19.3. The average molecular weight is 316 g/mol. The Labute approximate surface area is 128 Å². The molecule has 0 unspecified atom stereocenters. The smallest absolute Gasteiger partial charge is 0.387 e. The lowest BCUT2D eigenvalue weighted by atomic mass is 10.1. The van der Waals surface area contributed by atoms with Gasteiger partial charge < -0.3 is 20.5 Å². The number of amides is 1. The van der Waals surface area contributed by atoms with Crippen molar-refractivity contribution >= 4 is 5.91 Å². The zero-order valence-corrected chi connectivity index (χ0v) is 13.0. The van der Waals surface area contributed by atoms with Crippen LogP contribution in [0.3, 0.4) is 0 Å². The second-order valence-electron chi connectivity index (χ2n) is 5.40. The molecule has 0 radical (unpaired) electrons. The summed E-state index contributed by atoms with van der Waals surface area (Å²) in [5.74, 6) is 0.0206. The van der Waals surface area contributed by atoms with Crippen molar-refractivity contribution in [2.75, 3.05) is 6.61 Å². The van der Waals surface area contributed by atoms with Gasteiger partial charge in [0.25, 0.3) is 0 Å². The fourth-order valence-electron chi connectivity index (χ4n) is 1.60. The Kier molecular flexibility index (Phi) is 6.55. The first-order valence-electron chi connectivity index (χ1n) is 7.01. The van der Waals surface area contributed by atoms with Crippen LogP contribution in [0.4, 0.5) is 8.78 Å².